The summed E-state index contributed by atoms with van der Waals surface area (Å²) < 4.78 is 1.90. The smallest absolute Gasteiger partial charge is 0.153 e. The zero-order valence-corrected chi connectivity index (χ0v) is 11.1. The number of hydrogen-bond donors (Lipinski definition) is 0. The normalized spacial score (nSPS) is 23.9. The molecule has 4 heteroatoms. The molecule has 0 N–H and O–H groups in total. The lowest BCUT2D eigenvalue weighted by molar-refractivity contribution is -0.128. The van der Waals surface area contributed by atoms with E-state index in [1.165, 1.54) is 0 Å². The van der Waals surface area contributed by atoms with Crippen LogP contribution in [0.4, 0.5) is 0 Å². The molecule has 0 saturated heterocycles. The van der Waals surface area contributed by atoms with Gasteiger partial charge in [0.1, 0.15) is 5.41 Å². The van der Waals surface area contributed by atoms with Gasteiger partial charge >= 0.3 is 0 Å². The first kappa shape index (κ1) is 12.8. The molecule has 1 saturated carbocycles. The van der Waals surface area contributed by atoms with Crippen molar-refractivity contribution in [1.82, 2.24) is 9.78 Å². The Morgan fingerprint density at radius 1 is 1.56 bits per heavy atom. The van der Waals surface area contributed by atoms with E-state index < -0.39 is 5.41 Å². The predicted molar refractivity (Wildman–Crippen MR) is 67.9 cm³/mol. The summed E-state index contributed by atoms with van der Waals surface area (Å²) in [5, 5.41) is 13.8. The Morgan fingerprint density at radius 2 is 2.33 bits per heavy atom. The van der Waals surface area contributed by atoms with E-state index in [2.05, 4.69) is 11.2 Å². The summed E-state index contributed by atoms with van der Waals surface area (Å²) in [6, 6.07) is 4.28. The monoisotopic (exact) mass is 245 g/mol. The molecule has 1 fully saturated rings. The first-order chi connectivity index (χ1) is 8.61. The van der Waals surface area contributed by atoms with Gasteiger partial charge in [0.2, 0.25) is 0 Å². The maximum absolute atomic E-state index is 12.1. The highest BCUT2D eigenvalue weighted by atomic mass is 16.1. The lowest BCUT2D eigenvalue weighted by atomic mass is 9.71. The van der Waals surface area contributed by atoms with Crippen LogP contribution in [0.25, 0.3) is 0 Å². The van der Waals surface area contributed by atoms with E-state index in [-0.39, 0.29) is 5.78 Å². The summed E-state index contributed by atoms with van der Waals surface area (Å²) in [4.78, 5) is 12.1. The Kier molecular flexibility index (Phi) is 3.51. The highest BCUT2D eigenvalue weighted by molar-refractivity contribution is 5.88. The number of carbonyl (C=O) groups excluding carboxylic acids is 1. The Balaban J connectivity index is 2.30. The molecule has 1 unspecified atom stereocenters. The number of hydrogen-bond acceptors (Lipinski definition) is 3. The van der Waals surface area contributed by atoms with Crippen LogP contribution in [-0.2, 0) is 17.8 Å². The summed E-state index contributed by atoms with van der Waals surface area (Å²) in [5.74, 6) is 0.109. The van der Waals surface area contributed by atoms with E-state index in [0.717, 1.165) is 30.8 Å². The van der Waals surface area contributed by atoms with Gasteiger partial charge in [-0.1, -0.05) is 6.42 Å². The summed E-state index contributed by atoms with van der Waals surface area (Å²) in [5.41, 5.74) is 1.15. The molecule has 1 aromatic rings. The number of nitrogens with zero attached hydrogens (tertiary/aromatic N) is 3. The molecule has 0 amide bonds. The fourth-order valence-corrected chi connectivity index (χ4v) is 2.76. The van der Waals surface area contributed by atoms with Gasteiger partial charge in [-0.2, -0.15) is 10.4 Å². The minimum absolute atomic E-state index is 0.109. The Bertz CT molecular complexity index is 498. The molecular formula is C14H19N3O. The average molecular weight is 245 g/mol. The van der Waals surface area contributed by atoms with Crippen molar-refractivity contribution in [3.05, 3.63) is 17.5 Å². The van der Waals surface area contributed by atoms with Crippen molar-refractivity contribution < 1.29 is 4.79 Å². The van der Waals surface area contributed by atoms with Gasteiger partial charge in [-0.25, -0.2) is 0 Å². The number of aryl methyl sites for hydroxylation is 2. The highest BCUT2D eigenvalue weighted by Crippen LogP contribution is 2.36. The largest absolute Gasteiger partial charge is 0.298 e. The van der Waals surface area contributed by atoms with E-state index in [4.69, 9.17) is 0 Å². The van der Waals surface area contributed by atoms with Gasteiger partial charge in [0, 0.05) is 25.1 Å². The fraction of sp³-hybridized carbons (Fsp3) is 0.643. The third-order valence-corrected chi connectivity index (χ3v) is 3.77. The third-order valence-electron chi connectivity index (χ3n) is 3.77. The SMILES string of the molecule is CCn1nc(C)cc1CC1(C#N)CCCCC1=O. The molecule has 4 nitrogen and oxygen atoms in total. The minimum atomic E-state index is -0.808. The molecule has 0 spiro atoms. The average Bonchev–Trinajstić information content (AvgIpc) is 2.72. The van der Waals surface area contributed by atoms with Gasteiger partial charge in [0.05, 0.1) is 11.8 Å². The number of rotatable bonds is 3. The second-order valence-electron chi connectivity index (χ2n) is 5.09. The van der Waals surface area contributed by atoms with Crippen molar-refractivity contribution in [2.75, 3.05) is 0 Å². The minimum Gasteiger partial charge on any atom is -0.298 e. The Labute approximate surface area is 108 Å². The molecule has 1 aliphatic carbocycles. The second-order valence-corrected chi connectivity index (χ2v) is 5.09. The van der Waals surface area contributed by atoms with E-state index in [1.54, 1.807) is 0 Å². The molecule has 0 aromatic carbocycles. The lowest BCUT2D eigenvalue weighted by Crippen LogP contribution is -2.35. The van der Waals surface area contributed by atoms with Crippen LogP contribution in [-0.4, -0.2) is 15.6 Å². The van der Waals surface area contributed by atoms with E-state index in [0.29, 0.717) is 19.3 Å². The molecule has 2 rings (SSSR count). The van der Waals surface area contributed by atoms with Crippen LogP contribution in [0, 0.1) is 23.7 Å². The van der Waals surface area contributed by atoms with Crippen molar-refractivity contribution >= 4 is 5.78 Å². The van der Waals surface area contributed by atoms with Crippen LogP contribution in [0.1, 0.15) is 44.0 Å². The molecule has 0 radical (unpaired) electrons. The molecule has 1 heterocycles. The van der Waals surface area contributed by atoms with Crippen molar-refractivity contribution in [2.24, 2.45) is 5.41 Å². The van der Waals surface area contributed by atoms with Gasteiger partial charge in [-0.3, -0.25) is 9.48 Å². The number of ketones is 1. The molecular weight excluding hydrogens is 226 g/mol. The van der Waals surface area contributed by atoms with Crippen molar-refractivity contribution in [3.63, 3.8) is 0 Å². The van der Waals surface area contributed by atoms with Crippen LogP contribution in [0.2, 0.25) is 0 Å². The Morgan fingerprint density at radius 3 is 2.94 bits per heavy atom. The molecule has 1 aromatic heterocycles. The maximum atomic E-state index is 12.1. The molecule has 0 aliphatic heterocycles. The van der Waals surface area contributed by atoms with Gasteiger partial charge in [0.25, 0.3) is 0 Å². The Hall–Kier alpha value is -1.63. The van der Waals surface area contributed by atoms with E-state index in [1.807, 2.05) is 24.6 Å². The number of nitriles is 1. The zero-order valence-electron chi connectivity index (χ0n) is 11.1. The maximum Gasteiger partial charge on any atom is 0.153 e. The van der Waals surface area contributed by atoms with Crippen LogP contribution in [0.15, 0.2) is 6.07 Å². The summed E-state index contributed by atoms with van der Waals surface area (Å²) in [7, 11) is 0. The predicted octanol–water partition coefficient (Wildman–Crippen LogP) is 2.41. The van der Waals surface area contributed by atoms with Gasteiger partial charge < -0.3 is 0 Å². The van der Waals surface area contributed by atoms with Gasteiger partial charge in [-0.15, -0.1) is 0 Å². The first-order valence-electron chi connectivity index (χ1n) is 6.59. The highest BCUT2D eigenvalue weighted by Gasteiger charge is 2.40. The molecule has 96 valence electrons. The van der Waals surface area contributed by atoms with Gasteiger partial charge in [0.15, 0.2) is 5.78 Å². The summed E-state index contributed by atoms with van der Waals surface area (Å²) in [6.45, 7) is 4.74. The number of aromatic nitrogens is 2. The van der Waals surface area contributed by atoms with Crippen LogP contribution >= 0.6 is 0 Å². The fourth-order valence-electron chi connectivity index (χ4n) is 2.76. The van der Waals surface area contributed by atoms with Gasteiger partial charge in [-0.05, 0) is 32.8 Å². The molecule has 18 heavy (non-hydrogen) atoms. The quantitative estimate of drug-likeness (QED) is 0.821. The second kappa shape index (κ2) is 4.93. The van der Waals surface area contributed by atoms with Crippen LogP contribution in [0.5, 0.6) is 0 Å². The summed E-state index contributed by atoms with van der Waals surface area (Å²) >= 11 is 0. The topological polar surface area (TPSA) is 58.7 Å². The van der Waals surface area contributed by atoms with Crippen molar-refractivity contribution in [1.29, 1.82) is 5.26 Å². The molecule has 1 atom stereocenters. The van der Waals surface area contributed by atoms with Crippen LogP contribution < -0.4 is 0 Å². The van der Waals surface area contributed by atoms with Crippen molar-refractivity contribution in [2.45, 2.75) is 52.5 Å². The number of carbonyl (C=O) groups is 1. The van der Waals surface area contributed by atoms with Crippen LogP contribution in [0.3, 0.4) is 0 Å². The van der Waals surface area contributed by atoms with E-state index in [9.17, 15) is 10.1 Å². The third kappa shape index (κ3) is 2.17. The lowest BCUT2D eigenvalue weighted by Gasteiger charge is -2.29. The van der Waals surface area contributed by atoms with Crippen molar-refractivity contribution in [3.8, 4) is 6.07 Å². The summed E-state index contributed by atoms with van der Waals surface area (Å²) in [6.07, 6.45) is 3.65. The molecule has 0 bridgehead atoms. The standard InChI is InChI=1S/C14H19N3O/c1-3-17-12(8-11(2)16-17)9-14(10-15)7-5-4-6-13(14)18/h8H,3-7,9H2,1-2H3. The van der Waals surface area contributed by atoms with E-state index >= 15 is 0 Å². The number of Topliss-reactive ketones (excluding diaryl/α,β-unsaturated/α-hetero) is 1. The zero-order chi connectivity index (χ0) is 13.2. The first-order valence-corrected chi connectivity index (χ1v) is 6.59. The molecule has 1 aliphatic rings.